The average Bonchev–Trinajstić information content (AvgIpc) is 2.39. The zero-order chi connectivity index (χ0) is 11.1. The molecule has 1 aliphatic heterocycles. The number of rotatable bonds is 2. The quantitative estimate of drug-likeness (QED) is 0.687. The lowest BCUT2D eigenvalue weighted by molar-refractivity contribution is -0.106. The SMILES string of the molecule is Cc1ccc2c(c1)C(C)(C)CN2CC=O. The van der Waals surface area contributed by atoms with Crippen LogP contribution in [-0.4, -0.2) is 19.4 Å². The molecule has 80 valence electrons. The Bertz CT molecular complexity index is 396. The van der Waals surface area contributed by atoms with Gasteiger partial charge >= 0.3 is 0 Å². The van der Waals surface area contributed by atoms with E-state index in [4.69, 9.17) is 0 Å². The molecule has 0 fully saturated rings. The highest BCUT2D eigenvalue weighted by Gasteiger charge is 2.34. The number of carbonyl (C=O) groups excluding carboxylic acids is 1. The van der Waals surface area contributed by atoms with E-state index in [1.165, 1.54) is 16.8 Å². The van der Waals surface area contributed by atoms with E-state index in [0.29, 0.717) is 6.54 Å². The third-order valence-corrected chi connectivity index (χ3v) is 3.10. The number of aldehydes is 1. The van der Waals surface area contributed by atoms with Gasteiger partial charge in [-0.25, -0.2) is 0 Å². The molecule has 2 heteroatoms. The van der Waals surface area contributed by atoms with Crippen molar-refractivity contribution in [2.75, 3.05) is 18.0 Å². The van der Waals surface area contributed by atoms with E-state index in [0.717, 1.165) is 12.8 Å². The highest BCUT2D eigenvalue weighted by Crippen LogP contribution is 2.40. The first-order valence-electron chi connectivity index (χ1n) is 5.34. The van der Waals surface area contributed by atoms with Crippen LogP contribution in [0.2, 0.25) is 0 Å². The summed E-state index contributed by atoms with van der Waals surface area (Å²) < 4.78 is 0. The van der Waals surface area contributed by atoms with Gasteiger partial charge in [0.15, 0.2) is 0 Å². The van der Waals surface area contributed by atoms with Gasteiger partial charge in [-0.3, -0.25) is 0 Å². The molecule has 0 bridgehead atoms. The summed E-state index contributed by atoms with van der Waals surface area (Å²) in [5.74, 6) is 0. The molecular formula is C13H17NO. The van der Waals surface area contributed by atoms with Crippen LogP contribution in [0.15, 0.2) is 18.2 Å². The van der Waals surface area contributed by atoms with Crippen LogP contribution >= 0.6 is 0 Å². The monoisotopic (exact) mass is 203 g/mol. The Labute approximate surface area is 90.9 Å². The van der Waals surface area contributed by atoms with E-state index in [2.05, 4.69) is 43.9 Å². The van der Waals surface area contributed by atoms with Crippen LogP contribution in [0.4, 0.5) is 5.69 Å². The van der Waals surface area contributed by atoms with Gasteiger partial charge in [-0.2, -0.15) is 0 Å². The van der Waals surface area contributed by atoms with Crippen LogP contribution in [0.5, 0.6) is 0 Å². The number of anilines is 1. The second kappa shape index (κ2) is 3.37. The molecule has 1 aromatic rings. The first-order valence-corrected chi connectivity index (χ1v) is 5.34. The first kappa shape index (κ1) is 10.2. The fourth-order valence-electron chi connectivity index (χ4n) is 2.37. The van der Waals surface area contributed by atoms with Gasteiger partial charge in [0.05, 0.1) is 6.54 Å². The highest BCUT2D eigenvalue weighted by atomic mass is 16.1. The molecule has 0 N–H and O–H groups in total. The van der Waals surface area contributed by atoms with Crippen molar-refractivity contribution in [2.24, 2.45) is 0 Å². The lowest BCUT2D eigenvalue weighted by atomic mass is 9.86. The number of aryl methyl sites for hydroxylation is 1. The van der Waals surface area contributed by atoms with Gasteiger partial charge < -0.3 is 9.69 Å². The predicted octanol–water partition coefficient (Wildman–Crippen LogP) is 2.29. The Morgan fingerprint density at radius 1 is 1.47 bits per heavy atom. The predicted molar refractivity (Wildman–Crippen MR) is 62.5 cm³/mol. The molecule has 0 radical (unpaired) electrons. The standard InChI is InChI=1S/C13H17NO/c1-10-4-5-12-11(8-10)13(2,3)9-14(12)6-7-15/h4-5,7-8H,6,9H2,1-3H3. The summed E-state index contributed by atoms with van der Waals surface area (Å²) in [4.78, 5) is 12.8. The molecule has 1 aliphatic rings. The molecule has 0 aliphatic carbocycles. The summed E-state index contributed by atoms with van der Waals surface area (Å²) in [5.41, 5.74) is 4.03. The van der Waals surface area contributed by atoms with E-state index in [9.17, 15) is 4.79 Å². The summed E-state index contributed by atoms with van der Waals surface area (Å²) in [7, 11) is 0. The third-order valence-electron chi connectivity index (χ3n) is 3.10. The van der Waals surface area contributed by atoms with Gasteiger partial charge in [-0.1, -0.05) is 31.5 Å². The van der Waals surface area contributed by atoms with Gasteiger partial charge in [0.2, 0.25) is 0 Å². The van der Waals surface area contributed by atoms with Crippen molar-refractivity contribution in [1.82, 2.24) is 0 Å². The normalized spacial score (nSPS) is 17.7. The largest absolute Gasteiger partial charge is 0.363 e. The lowest BCUT2D eigenvalue weighted by Crippen LogP contribution is -2.29. The van der Waals surface area contributed by atoms with Crippen LogP contribution in [0, 0.1) is 6.92 Å². The molecule has 0 saturated carbocycles. The molecule has 2 nitrogen and oxygen atoms in total. The van der Waals surface area contributed by atoms with Crippen LogP contribution in [0.3, 0.4) is 0 Å². The molecular weight excluding hydrogens is 186 g/mol. The number of nitrogens with zero attached hydrogens (tertiary/aromatic N) is 1. The van der Waals surface area contributed by atoms with E-state index < -0.39 is 0 Å². The molecule has 1 heterocycles. The van der Waals surface area contributed by atoms with Crippen LogP contribution in [-0.2, 0) is 10.2 Å². The third kappa shape index (κ3) is 1.65. The van der Waals surface area contributed by atoms with E-state index in [1.807, 2.05) is 0 Å². The Morgan fingerprint density at radius 2 is 2.20 bits per heavy atom. The Balaban J connectivity index is 2.47. The second-order valence-electron chi connectivity index (χ2n) is 4.95. The Morgan fingerprint density at radius 3 is 2.87 bits per heavy atom. The number of hydrogen-bond donors (Lipinski definition) is 0. The summed E-state index contributed by atoms with van der Waals surface area (Å²) in [6, 6.07) is 6.47. The minimum Gasteiger partial charge on any atom is -0.363 e. The second-order valence-corrected chi connectivity index (χ2v) is 4.95. The van der Waals surface area contributed by atoms with Crippen molar-refractivity contribution in [1.29, 1.82) is 0 Å². The van der Waals surface area contributed by atoms with Crippen molar-refractivity contribution in [3.63, 3.8) is 0 Å². The molecule has 1 aromatic carbocycles. The van der Waals surface area contributed by atoms with Crippen molar-refractivity contribution in [3.8, 4) is 0 Å². The van der Waals surface area contributed by atoms with Gasteiger partial charge in [0, 0.05) is 17.6 Å². The number of benzene rings is 1. The Hall–Kier alpha value is -1.31. The fourth-order valence-corrected chi connectivity index (χ4v) is 2.37. The van der Waals surface area contributed by atoms with Gasteiger partial charge in [-0.05, 0) is 18.6 Å². The summed E-state index contributed by atoms with van der Waals surface area (Å²) in [5, 5.41) is 0. The van der Waals surface area contributed by atoms with Crippen LogP contribution in [0.25, 0.3) is 0 Å². The summed E-state index contributed by atoms with van der Waals surface area (Å²) in [6.45, 7) is 8.01. The molecule has 0 saturated heterocycles. The molecule has 0 amide bonds. The maximum Gasteiger partial charge on any atom is 0.139 e. The summed E-state index contributed by atoms with van der Waals surface area (Å²) in [6.07, 6.45) is 0.977. The molecule has 0 spiro atoms. The van der Waals surface area contributed by atoms with Crippen molar-refractivity contribution < 1.29 is 4.79 Å². The molecule has 15 heavy (non-hydrogen) atoms. The molecule has 2 rings (SSSR count). The number of carbonyl (C=O) groups is 1. The summed E-state index contributed by atoms with van der Waals surface area (Å²) >= 11 is 0. The molecule has 0 atom stereocenters. The highest BCUT2D eigenvalue weighted by molar-refractivity contribution is 5.69. The van der Waals surface area contributed by atoms with Crippen LogP contribution < -0.4 is 4.90 Å². The van der Waals surface area contributed by atoms with E-state index >= 15 is 0 Å². The zero-order valence-corrected chi connectivity index (χ0v) is 9.58. The smallest absolute Gasteiger partial charge is 0.139 e. The topological polar surface area (TPSA) is 20.3 Å². The van der Waals surface area contributed by atoms with E-state index in [-0.39, 0.29) is 5.41 Å². The zero-order valence-electron chi connectivity index (χ0n) is 9.58. The maximum atomic E-state index is 10.6. The molecule has 0 unspecified atom stereocenters. The fraction of sp³-hybridized carbons (Fsp3) is 0.462. The number of fused-ring (bicyclic) bond motifs is 1. The average molecular weight is 203 g/mol. The van der Waals surface area contributed by atoms with Crippen molar-refractivity contribution in [3.05, 3.63) is 29.3 Å². The van der Waals surface area contributed by atoms with E-state index in [1.54, 1.807) is 0 Å². The van der Waals surface area contributed by atoms with Gasteiger partial charge in [-0.15, -0.1) is 0 Å². The van der Waals surface area contributed by atoms with Gasteiger partial charge in [0.25, 0.3) is 0 Å². The minimum atomic E-state index is 0.157. The Kier molecular flexibility index (Phi) is 2.29. The minimum absolute atomic E-state index is 0.157. The molecule has 0 aromatic heterocycles. The van der Waals surface area contributed by atoms with Crippen molar-refractivity contribution in [2.45, 2.75) is 26.2 Å². The first-order chi connectivity index (χ1) is 7.04. The van der Waals surface area contributed by atoms with Gasteiger partial charge in [0.1, 0.15) is 6.29 Å². The van der Waals surface area contributed by atoms with Crippen molar-refractivity contribution >= 4 is 12.0 Å². The number of hydrogen-bond acceptors (Lipinski definition) is 2. The lowest BCUT2D eigenvalue weighted by Gasteiger charge is -2.20. The van der Waals surface area contributed by atoms with Crippen LogP contribution in [0.1, 0.15) is 25.0 Å². The maximum absolute atomic E-state index is 10.6.